The molecule has 0 bridgehead atoms. The number of methoxy groups -OCH3 is 1. The van der Waals surface area contributed by atoms with Gasteiger partial charge in [0, 0.05) is 67.6 Å². The first kappa shape index (κ1) is 26.7. The van der Waals surface area contributed by atoms with E-state index in [-0.39, 0.29) is 29.9 Å². The Morgan fingerprint density at radius 2 is 1.90 bits per heavy atom. The number of hydrogen-bond acceptors (Lipinski definition) is 8. The Morgan fingerprint density at radius 3 is 2.71 bits per heavy atom. The van der Waals surface area contributed by atoms with Crippen LogP contribution in [-0.2, 0) is 17.8 Å². The predicted octanol–water partition coefficient (Wildman–Crippen LogP) is 3.56. The maximum absolute atomic E-state index is 13.2. The number of carbonyl (C=O) groups excluding carboxylic acids is 2. The van der Waals surface area contributed by atoms with Crippen molar-refractivity contribution in [3.63, 3.8) is 0 Å². The highest BCUT2D eigenvalue weighted by Crippen LogP contribution is 2.54. The number of nitrogens with zero attached hydrogens (tertiary/aromatic N) is 3. The molecular weight excluding hydrogens is 534 g/mol. The summed E-state index contributed by atoms with van der Waals surface area (Å²) in [6, 6.07) is 13.2. The van der Waals surface area contributed by atoms with Crippen molar-refractivity contribution in [1.29, 1.82) is 0 Å². The van der Waals surface area contributed by atoms with Crippen molar-refractivity contribution in [3.05, 3.63) is 70.9 Å². The zero-order valence-electron chi connectivity index (χ0n) is 23.9. The van der Waals surface area contributed by atoms with Crippen LogP contribution in [0.5, 0.6) is 23.0 Å². The Kier molecular flexibility index (Phi) is 6.95. The van der Waals surface area contributed by atoms with Crippen LogP contribution in [0.1, 0.15) is 46.3 Å². The van der Waals surface area contributed by atoms with Crippen molar-refractivity contribution in [1.82, 2.24) is 20.1 Å². The number of piperazine rings is 1. The zero-order chi connectivity index (χ0) is 28.8. The number of aromatic nitrogens is 1. The van der Waals surface area contributed by atoms with Gasteiger partial charge in [0.1, 0.15) is 34.9 Å². The molecule has 1 aliphatic carbocycles. The van der Waals surface area contributed by atoms with E-state index in [9.17, 15) is 9.59 Å². The number of hydrogen-bond donors (Lipinski definition) is 2. The van der Waals surface area contributed by atoms with Gasteiger partial charge in [0.25, 0.3) is 5.91 Å². The van der Waals surface area contributed by atoms with Gasteiger partial charge in [0.05, 0.1) is 19.1 Å². The minimum atomic E-state index is -0.140. The van der Waals surface area contributed by atoms with Gasteiger partial charge in [-0.05, 0) is 49.4 Å². The standard InChI is InChI=1S/C32H35N5O5/c1-3-36-12-14-37(15-13-36)18-20-5-4-19(16-26(20)40-2)32(39)35-29-28-23-17-21(6-8-24(23)42-30(28)29)41-25-10-11-33-31-22(25)7-9-27(38)34-31/h4-6,8,10-11,16-17,28-30H,3,7,9,12-15,18H2,1-2H3,(H,35,39)(H,33,34,38)/t28-,29+,30-/m0/s1. The lowest BCUT2D eigenvalue weighted by atomic mass is 10.1. The summed E-state index contributed by atoms with van der Waals surface area (Å²) in [5, 5.41) is 5.98. The van der Waals surface area contributed by atoms with Crippen LogP contribution in [0.3, 0.4) is 0 Å². The maximum Gasteiger partial charge on any atom is 0.251 e. The summed E-state index contributed by atoms with van der Waals surface area (Å²) in [6.45, 7) is 8.31. The zero-order valence-corrected chi connectivity index (χ0v) is 23.9. The molecule has 0 spiro atoms. The molecule has 1 saturated heterocycles. The lowest BCUT2D eigenvalue weighted by Crippen LogP contribution is -2.45. The van der Waals surface area contributed by atoms with Gasteiger partial charge in [-0.1, -0.05) is 13.0 Å². The largest absolute Gasteiger partial charge is 0.496 e. The van der Waals surface area contributed by atoms with Crippen LogP contribution in [0.15, 0.2) is 48.7 Å². The molecule has 2 aromatic carbocycles. The summed E-state index contributed by atoms with van der Waals surface area (Å²) in [4.78, 5) is 34.2. The minimum Gasteiger partial charge on any atom is -0.496 e. The second-order valence-electron chi connectivity index (χ2n) is 11.3. The lowest BCUT2D eigenvalue weighted by molar-refractivity contribution is -0.116. The van der Waals surface area contributed by atoms with Crippen molar-refractivity contribution < 1.29 is 23.8 Å². The van der Waals surface area contributed by atoms with E-state index < -0.39 is 0 Å². The van der Waals surface area contributed by atoms with Crippen molar-refractivity contribution >= 4 is 17.6 Å². The summed E-state index contributed by atoms with van der Waals surface area (Å²) in [5.41, 5.74) is 3.58. The Morgan fingerprint density at radius 1 is 1.07 bits per heavy atom. The van der Waals surface area contributed by atoms with Crippen molar-refractivity contribution in [2.24, 2.45) is 0 Å². The molecule has 1 saturated carbocycles. The summed E-state index contributed by atoms with van der Waals surface area (Å²) in [6.07, 6.45) is 2.53. The van der Waals surface area contributed by atoms with Crippen LogP contribution in [0.4, 0.5) is 5.82 Å². The Bertz CT molecular complexity index is 1540. The molecule has 2 amide bonds. The Labute approximate surface area is 244 Å². The van der Waals surface area contributed by atoms with Crippen LogP contribution in [0.2, 0.25) is 0 Å². The highest BCUT2D eigenvalue weighted by atomic mass is 16.5. The molecule has 4 heterocycles. The molecule has 0 radical (unpaired) electrons. The van der Waals surface area contributed by atoms with E-state index in [1.165, 1.54) is 0 Å². The van der Waals surface area contributed by atoms with Gasteiger partial charge in [-0.3, -0.25) is 14.5 Å². The van der Waals surface area contributed by atoms with Gasteiger partial charge in [0.2, 0.25) is 5.91 Å². The molecule has 0 unspecified atom stereocenters. The number of amides is 2. The molecule has 10 heteroatoms. The number of likely N-dealkylation sites (N-methyl/N-ethyl adjacent to an activating group) is 1. The molecule has 7 rings (SSSR count). The number of rotatable bonds is 8. The summed E-state index contributed by atoms with van der Waals surface area (Å²) < 4.78 is 18.1. The van der Waals surface area contributed by atoms with E-state index >= 15 is 0 Å². The van der Waals surface area contributed by atoms with Crippen LogP contribution < -0.4 is 24.8 Å². The van der Waals surface area contributed by atoms with Gasteiger partial charge in [0.15, 0.2) is 0 Å². The number of benzene rings is 2. The third kappa shape index (κ3) is 5.05. The monoisotopic (exact) mass is 569 g/mol. The Balaban J connectivity index is 1.00. The number of anilines is 1. The van der Waals surface area contributed by atoms with Crippen LogP contribution in [0.25, 0.3) is 0 Å². The van der Waals surface area contributed by atoms with Crippen LogP contribution >= 0.6 is 0 Å². The third-order valence-electron chi connectivity index (χ3n) is 8.81. The molecule has 10 nitrogen and oxygen atoms in total. The summed E-state index contributed by atoms with van der Waals surface area (Å²) in [5.74, 6) is 3.35. The van der Waals surface area contributed by atoms with E-state index in [1.54, 1.807) is 13.3 Å². The average molecular weight is 570 g/mol. The molecule has 3 atom stereocenters. The van der Waals surface area contributed by atoms with Crippen LogP contribution in [0, 0.1) is 0 Å². The van der Waals surface area contributed by atoms with E-state index in [2.05, 4.69) is 32.3 Å². The molecule has 218 valence electrons. The topological polar surface area (TPSA) is 105 Å². The number of pyridine rings is 1. The van der Waals surface area contributed by atoms with Gasteiger partial charge in [-0.2, -0.15) is 0 Å². The molecule has 2 fully saturated rings. The van der Waals surface area contributed by atoms with E-state index in [0.717, 1.165) is 67.5 Å². The molecule has 1 aromatic heterocycles. The number of fused-ring (bicyclic) bond motifs is 4. The quantitative estimate of drug-likeness (QED) is 0.425. The van der Waals surface area contributed by atoms with Crippen LogP contribution in [-0.4, -0.2) is 78.6 Å². The van der Waals surface area contributed by atoms with Gasteiger partial charge >= 0.3 is 0 Å². The van der Waals surface area contributed by atoms with Gasteiger partial charge in [-0.15, -0.1) is 0 Å². The predicted molar refractivity (Wildman–Crippen MR) is 156 cm³/mol. The SMILES string of the molecule is CCN1CCN(Cc2ccc(C(=O)N[C@H]3[C@H]4Oc5ccc(Oc6ccnc7c6CCC(=O)N7)cc5[C@@H]34)cc2OC)CC1. The fourth-order valence-electron chi connectivity index (χ4n) is 6.31. The highest BCUT2D eigenvalue weighted by Gasteiger charge is 2.59. The first-order valence-corrected chi connectivity index (χ1v) is 14.7. The fraction of sp³-hybridized carbons (Fsp3) is 0.406. The molecule has 3 aliphatic heterocycles. The average Bonchev–Trinajstić information content (AvgIpc) is 3.53. The smallest absolute Gasteiger partial charge is 0.251 e. The lowest BCUT2D eigenvalue weighted by Gasteiger charge is -2.34. The van der Waals surface area contributed by atoms with Crippen molar-refractivity contribution in [2.75, 3.05) is 45.2 Å². The summed E-state index contributed by atoms with van der Waals surface area (Å²) in [7, 11) is 1.66. The molecule has 2 N–H and O–H groups in total. The molecule has 4 aliphatic rings. The first-order chi connectivity index (χ1) is 20.5. The summed E-state index contributed by atoms with van der Waals surface area (Å²) >= 11 is 0. The Hall–Kier alpha value is -4.15. The van der Waals surface area contributed by atoms with Gasteiger partial charge < -0.3 is 29.7 Å². The number of nitrogens with one attached hydrogen (secondary N) is 2. The van der Waals surface area contributed by atoms with E-state index in [4.69, 9.17) is 14.2 Å². The molecule has 42 heavy (non-hydrogen) atoms. The third-order valence-corrected chi connectivity index (χ3v) is 8.81. The normalized spacial score (nSPS) is 22.7. The van der Waals surface area contributed by atoms with E-state index in [1.807, 2.05) is 42.5 Å². The van der Waals surface area contributed by atoms with Crippen molar-refractivity contribution in [3.8, 4) is 23.0 Å². The number of ether oxygens (including phenoxy) is 3. The molecular formula is C32H35N5O5. The second-order valence-corrected chi connectivity index (χ2v) is 11.3. The van der Waals surface area contributed by atoms with Crippen molar-refractivity contribution in [2.45, 2.75) is 44.4 Å². The number of carbonyl (C=O) groups is 2. The minimum absolute atomic E-state index is 0.0369. The first-order valence-electron chi connectivity index (χ1n) is 14.7. The van der Waals surface area contributed by atoms with E-state index in [0.29, 0.717) is 35.7 Å². The van der Waals surface area contributed by atoms with Gasteiger partial charge in [-0.25, -0.2) is 4.98 Å². The fourth-order valence-corrected chi connectivity index (χ4v) is 6.31. The molecule has 3 aromatic rings. The highest BCUT2D eigenvalue weighted by molar-refractivity contribution is 5.95. The maximum atomic E-state index is 13.2. The second kappa shape index (κ2) is 10.9.